The molecule has 26 heavy (non-hydrogen) atoms. The van der Waals surface area contributed by atoms with E-state index in [0.29, 0.717) is 21.5 Å². The SMILES string of the molecule is Cc1cccc(OCC(=O)O[C@@H](C)C(=O)Nc2ccc(Cl)cc2Cl)c1C. The minimum atomic E-state index is -1.00. The molecule has 0 fully saturated rings. The van der Waals surface area contributed by atoms with Gasteiger partial charge in [0.1, 0.15) is 5.75 Å². The Morgan fingerprint density at radius 3 is 2.58 bits per heavy atom. The minimum absolute atomic E-state index is 0.288. The number of hydrogen-bond acceptors (Lipinski definition) is 4. The van der Waals surface area contributed by atoms with Crippen LogP contribution in [0.3, 0.4) is 0 Å². The monoisotopic (exact) mass is 395 g/mol. The molecule has 0 aromatic heterocycles. The summed E-state index contributed by atoms with van der Waals surface area (Å²) in [5.74, 6) is -0.544. The second kappa shape index (κ2) is 8.92. The van der Waals surface area contributed by atoms with Crippen LogP contribution in [0, 0.1) is 13.8 Å². The predicted molar refractivity (Wildman–Crippen MR) is 102 cm³/mol. The fraction of sp³-hybridized carbons (Fsp3) is 0.263. The van der Waals surface area contributed by atoms with Crippen molar-refractivity contribution in [3.63, 3.8) is 0 Å². The first-order valence-corrected chi connectivity index (χ1v) is 8.68. The number of aryl methyl sites for hydroxylation is 1. The summed E-state index contributed by atoms with van der Waals surface area (Å²) in [6.45, 7) is 5.04. The molecule has 2 aromatic carbocycles. The smallest absolute Gasteiger partial charge is 0.344 e. The lowest BCUT2D eigenvalue weighted by Gasteiger charge is -2.15. The van der Waals surface area contributed by atoms with Gasteiger partial charge in [0.25, 0.3) is 5.91 Å². The summed E-state index contributed by atoms with van der Waals surface area (Å²) in [4.78, 5) is 24.1. The van der Waals surface area contributed by atoms with Crippen LogP contribution < -0.4 is 10.1 Å². The van der Waals surface area contributed by atoms with Crippen molar-refractivity contribution in [2.45, 2.75) is 26.9 Å². The molecule has 0 heterocycles. The summed E-state index contributed by atoms with van der Waals surface area (Å²) in [7, 11) is 0. The van der Waals surface area contributed by atoms with Crippen molar-refractivity contribution in [3.05, 3.63) is 57.6 Å². The molecule has 0 aliphatic heterocycles. The first kappa shape index (κ1) is 20.1. The molecule has 138 valence electrons. The molecule has 1 atom stereocenters. The molecule has 7 heteroatoms. The lowest BCUT2D eigenvalue weighted by molar-refractivity contribution is -0.155. The molecular weight excluding hydrogens is 377 g/mol. The fourth-order valence-electron chi connectivity index (χ4n) is 2.13. The molecule has 2 rings (SSSR count). The van der Waals surface area contributed by atoms with E-state index in [1.165, 1.54) is 13.0 Å². The minimum Gasteiger partial charge on any atom is -0.482 e. The van der Waals surface area contributed by atoms with E-state index in [2.05, 4.69) is 5.32 Å². The number of hydrogen-bond donors (Lipinski definition) is 1. The van der Waals surface area contributed by atoms with Gasteiger partial charge in [0.05, 0.1) is 10.7 Å². The van der Waals surface area contributed by atoms with Crippen LogP contribution in [0.4, 0.5) is 5.69 Å². The maximum atomic E-state index is 12.1. The zero-order valence-corrected chi connectivity index (χ0v) is 16.1. The number of carbonyl (C=O) groups excluding carboxylic acids is 2. The van der Waals surface area contributed by atoms with Gasteiger partial charge in [-0.3, -0.25) is 4.79 Å². The predicted octanol–water partition coefficient (Wildman–Crippen LogP) is 4.56. The Morgan fingerprint density at radius 2 is 1.88 bits per heavy atom. The summed E-state index contributed by atoms with van der Waals surface area (Å²) in [6.07, 6.45) is -1.00. The van der Waals surface area contributed by atoms with Crippen LogP contribution in [0.15, 0.2) is 36.4 Å². The maximum Gasteiger partial charge on any atom is 0.344 e. The third-order valence-electron chi connectivity index (χ3n) is 3.77. The van der Waals surface area contributed by atoms with Gasteiger partial charge in [-0.05, 0) is 56.2 Å². The number of esters is 1. The van der Waals surface area contributed by atoms with Gasteiger partial charge in [-0.2, -0.15) is 0 Å². The quantitative estimate of drug-likeness (QED) is 0.728. The number of halogens is 2. The van der Waals surface area contributed by atoms with E-state index in [1.807, 2.05) is 26.0 Å². The van der Waals surface area contributed by atoms with E-state index in [-0.39, 0.29) is 6.61 Å². The largest absolute Gasteiger partial charge is 0.482 e. The number of amides is 1. The zero-order chi connectivity index (χ0) is 19.3. The first-order valence-electron chi connectivity index (χ1n) is 7.92. The van der Waals surface area contributed by atoms with Crippen LogP contribution in [0.25, 0.3) is 0 Å². The van der Waals surface area contributed by atoms with E-state index in [4.69, 9.17) is 32.7 Å². The van der Waals surface area contributed by atoms with Crippen LogP contribution in [0.5, 0.6) is 5.75 Å². The van der Waals surface area contributed by atoms with E-state index in [0.717, 1.165) is 11.1 Å². The summed E-state index contributed by atoms with van der Waals surface area (Å²) in [6, 6.07) is 10.2. The van der Waals surface area contributed by atoms with Gasteiger partial charge < -0.3 is 14.8 Å². The number of nitrogens with one attached hydrogen (secondary N) is 1. The van der Waals surface area contributed by atoms with E-state index in [9.17, 15) is 9.59 Å². The summed E-state index contributed by atoms with van der Waals surface area (Å²) in [5.41, 5.74) is 2.39. The van der Waals surface area contributed by atoms with Crippen molar-refractivity contribution in [1.29, 1.82) is 0 Å². The molecule has 0 bridgehead atoms. The van der Waals surface area contributed by atoms with Crippen molar-refractivity contribution >= 4 is 40.8 Å². The van der Waals surface area contributed by atoms with Crippen LogP contribution in [0.1, 0.15) is 18.1 Å². The molecule has 0 unspecified atom stereocenters. The van der Waals surface area contributed by atoms with Gasteiger partial charge in [0, 0.05) is 5.02 Å². The summed E-state index contributed by atoms with van der Waals surface area (Å²) in [5, 5.41) is 3.33. The lowest BCUT2D eigenvalue weighted by atomic mass is 10.1. The van der Waals surface area contributed by atoms with Crippen molar-refractivity contribution in [2.24, 2.45) is 0 Å². The standard InChI is InChI=1S/C19H19Cl2NO4/c1-11-5-4-6-17(12(11)2)25-10-18(23)26-13(3)19(24)22-16-8-7-14(20)9-15(16)21/h4-9,13H,10H2,1-3H3,(H,22,24)/t13-/m0/s1. The van der Waals surface area contributed by atoms with Gasteiger partial charge in [-0.25, -0.2) is 4.79 Å². The number of anilines is 1. The molecule has 1 amide bonds. The number of rotatable bonds is 6. The van der Waals surface area contributed by atoms with Gasteiger partial charge in [0.2, 0.25) is 0 Å². The molecule has 0 radical (unpaired) electrons. The molecular formula is C19H19Cl2NO4. The Hall–Kier alpha value is -2.24. The highest BCUT2D eigenvalue weighted by molar-refractivity contribution is 6.36. The van der Waals surface area contributed by atoms with Gasteiger partial charge in [-0.1, -0.05) is 35.3 Å². The molecule has 2 aromatic rings. The topological polar surface area (TPSA) is 64.6 Å². The Kier molecular flexibility index (Phi) is 6.89. The molecule has 5 nitrogen and oxygen atoms in total. The van der Waals surface area contributed by atoms with Crippen LogP contribution in [-0.2, 0) is 14.3 Å². The fourth-order valence-corrected chi connectivity index (χ4v) is 2.58. The van der Waals surface area contributed by atoms with E-state index in [1.54, 1.807) is 18.2 Å². The zero-order valence-electron chi connectivity index (χ0n) is 14.6. The highest BCUT2D eigenvalue weighted by Crippen LogP contribution is 2.25. The van der Waals surface area contributed by atoms with Crippen molar-refractivity contribution in [3.8, 4) is 5.75 Å². The Labute approximate surface area is 162 Å². The van der Waals surface area contributed by atoms with Crippen molar-refractivity contribution < 1.29 is 19.1 Å². The second-order valence-electron chi connectivity index (χ2n) is 5.73. The lowest BCUT2D eigenvalue weighted by Crippen LogP contribution is -2.31. The highest BCUT2D eigenvalue weighted by Gasteiger charge is 2.19. The van der Waals surface area contributed by atoms with Crippen LogP contribution in [-0.4, -0.2) is 24.6 Å². The summed E-state index contributed by atoms with van der Waals surface area (Å²) >= 11 is 11.8. The molecule has 0 saturated heterocycles. The normalized spacial score (nSPS) is 11.6. The first-order chi connectivity index (χ1) is 12.3. The molecule has 0 spiro atoms. The van der Waals surface area contributed by atoms with E-state index >= 15 is 0 Å². The third kappa shape index (κ3) is 5.38. The number of ether oxygens (including phenoxy) is 2. The maximum absolute atomic E-state index is 12.1. The van der Waals surface area contributed by atoms with E-state index < -0.39 is 18.0 Å². The van der Waals surface area contributed by atoms with Gasteiger partial charge in [-0.15, -0.1) is 0 Å². The van der Waals surface area contributed by atoms with Crippen molar-refractivity contribution in [2.75, 3.05) is 11.9 Å². The van der Waals surface area contributed by atoms with Gasteiger partial charge >= 0.3 is 5.97 Å². The molecule has 0 aliphatic rings. The molecule has 1 N–H and O–H groups in total. The molecule has 0 aliphatic carbocycles. The highest BCUT2D eigenvalue weighted by atomic mass is 35.5. The third-order valence-corrected chi connectivity index (χ3v) is 4.31. The Morgan fingerprint density at radius 1 is 1.15 bits per heavy atom. The van der Waals surface area contributed by atoms with Crippen LogP contribution >= 0.6 is 23.2 Å². The average Bonchev–Trinajstić information content (AvgIpc) is 2.58. The number of carbonyl (C=O) groups is 2. The van der Waals surface area contributed by atoms with Crippen molar-refractivity contribution in [1.82, 2.24) is 0 Å². The van der Waals surface area contributed by atoms with Gasteiger partial charge in [0.15, 0.2) is 12.7 Å². The summed E-state index contributed by atoms with van der Waals surface area (Å²) < 4.78 is 10.6. The van der Waals surface area contributed by atoms with Crippen LogP contribution in [0.2, 0.25) is 10.0 Å². The Balaban J connectivity index is 1.87. The number of benzene rings is 2. The molecule has 0 saturated carbocycles. The average molecular weight is 396 g/mol. The Bertz CT molecular complexity index is 823. The second-order valence-corrected chi connectivity index (χ2v) is 6.58.